The van der Waals surface area contributed by atoms with Crippen LogP contribution in [0.5, 0.6) is 0 Å². The molecule has 0 aliphatic rings. The van der Waals surface area contributed by atoms with E-state index in [2.05, 4.69) is 28.5 Å². The lowest BCUT2D eigenvalue weighted by molar-refractivity contribution is 0.0944. The van der Waals surface area contributed by atoms with Gasteiger partial charge in [-0.1, -0.05) is 32.4 Å². The van der Waals surface area contributed by atoms with Gasteiger partial charge >= 0.3 is 0 Å². The van der Waals surface area contributed by atoms with Crippen LogP contribution in [-0.2, 0) is 0 Å². The van der Waals surface area contributed by atoms with Crippen LogP contribution < -0.4 is 5.32 Å². The Bertz CT molecular complexity index is 440. The van der Waals surface area contributed by atoms with Gasteiger partial charge in [-0.25, -0.2) is 9.97 Å². The van der Waals surface area contributed by atoms with Crippen LogP contribution >= 0.6 is 23.4 Å². The molecule has 19 heavy (non-hydrogen) atoms. The Labute approximate surface area is 123 Å². The summed E-state index contributed by atoms with van der Waals surface area (Å²) in [5, 5.41) is 3.15. The molecule has 1 aromatic rings. The molecule has 0 aliphatic heterocycles. The fourth-order valence-corrected chi connectivity index (χ4v) is 2.38. The minimum absolute atomic E-state index is 0.166. The van der Waals surface area contributed by atoms with Crippen molar-refractivity contribution in [2.24, 2.45) is 5.92 Å². The number of nitrogens with one attached hydrogen (secondary N) is 1. The van der Waals surface area contributed by atoms with E-state index < -0.39 is 0 Å². The highest BCUT2D eigenvalue weighted by Crippen LogP contribution is 2.16. The first-order valence-electron chi connectivity index (χ1n) is 6.25. The number of halogens is 1. The standard InChI is InChI=1S/C13H20ClN3OS/c1-8(2)12-15-6-10(14)11(17-12)13(18)16-5-9(3)7-19-4/h6,8-9H,5,7H2,1-4H3,(H,16,18). The Hall–Kier alpha value is -0.810. The highest BCUT2D eigenvalue weighted by molar-refractivity contribution is 7.98. The lowest BCUT2D eigenvalue weighted by Crippen LogP contribution is -2.30. The minimum Gasteiger partial charge on any atom is -0.350 e. The fourth-order valence-electron chi connectivity index (χ4n) is 1.51. The van der Waals surface area contributed by atoms with Crippen LogP contribution in [0, 0.1) is 5.92 Å². The average molecular weight is 302 g/mol. The van der Waals surface area contributed by atoms with Crippen molar-refractivity contribution in [1.29, 1.82) is 0 Å². The van der Waals surface area contributed by atoms with Crippen molar-refractivity contribution in [3.05, 3.63) is 22.7 Å². The molecule has 1 heterocycles. The molecule has 106 valence electrons. The average Bonchev–Trinajstić information content (AvgIpc) is 2.36. The second kappa shape index (κ2) is 7.70. The van der Waals surface area contributed by atoms with Gasteiger partial charge < -0.3 is 5.32 Å². The van der Waals surface area contributed by atoms with Gasteiger partial charge in [-0.3, -0.25) is 4.79 Å². The molecule has 0 fully saturated rings. The second-order valence-electron chi connectivity index (χ2n) is 4.85. The summed E-state index contributed by atoms with van der Waals surface area (Å²) in [5.41, 5.74) is 0.261. The Morgan fingerprint density at radius 3 is 2.74 bits per heavy atom. The van der Waals surface area contributed by atoms with E-state index in [4.69, 9.17) is 11.6 Å². The summed E-state index contributed by atoms with van der Waals surface area (Å²) >= 11 is 7.75. The van der Waals surface area contributed by atoms with Gasteiger partial charge in [0.15, 0.2) is 0 Å². The topological polar surface area (TPSA) is 54.9 Å². The van der Waals surface area contributed by atoms with Crippen molar-refractivity contribution in [3.63, 3.8) is 0 Å². The van der Waals surface area contributed by atoms with Crippen LogP contribution in [0.1, 0.15) is 43.0 Å². The van der Waals surface area contributed by atoms with Crippen molar-refractivity contribution >= 4 is 29.3 Å². The fraction of sp³-hybridized carbons (Fsp3) is 0.615. The largest absolute Gasteiger partial charge is 0.350 e. The predicted molar refractivity (Wildman–Crippen MR) is 81.0 cm³/mol. The number of rotatable bonds is 6. The van der Waals surface area contributed by atoms with Gasteiger partial charge in [0, 0.05) is 12.5 Å². The summed E-state index contributed by atoms with van der Waals surface area (Å²) in [6.45, 7) is 6.67. The van der Waals surface area contributed by atoms with Crippen molar-refractivity contribution in [3.8, 4) is 0 Å². The zero-order valence-electron chi connectivity index (χ0n) is 11.7. The van der Waals surface area contributed by atoms with Gasteiger partial charge in [0.25, 0.3) is 5.91 Å². The Kier molecular flexibility index (Phi) is 6.58. The number of carbonyl (C=O) groups excluding carboxylic acids is 1. The van der Waals surface area contributed by atoms with Crippen LogP contribution in [0.25, 0.3) is 0 Å². The van der Waals surface area contributed by atoms with Gasteiger partial charge in [0.05, 0.1) is 11.2 Å². The highest BCUT2D eigenvalue weighted by atomic mass is 35.5. The van der Waals surface area contributed by atoms with E-state index >= 15 is 0 Å². The molecule has 1 amide bonds. The monoisotopic (exact) mass is 301 g/mol. The van der Waals surface area contributed by atoms with Crippen LogP contribution in [0.2, 0.25) is 5.02 Å². The third kappa shape index (κ3) is 4.99. The number of nitrogens with zero attached hydrogens (tertiary/aromatic N) is 2. The van der Waals surface area contributed by atoms with Crippen LogP contribution in [0.3, 0.4) is 0 Å². The Morgan fingerprint density at radius 2 is 2.16 bits per heavy atom. The van der Waals surface area contributed by atoms with E-state index in [1.807, 2.05) is 13.8 Å². The highest BCUT2D eigenvalue weighted by Gasteiger charge is 2.15. The van der Waals surface area contributed by atoms with E-state index in [1.165, 1.54) is 6.20 Å². The molecule has 6 heteroatoms. The summed E-state index contributed by atoms with van der Waals surface area (Å²) in [6.07, 6.45) is 3.54. The van der Waals surface area contributed by atoms with Crippen LogP contribution in [-0.4, -0.2) is 34.4 Å². The first kappa shape index (κ1) is 16.2. The van der Waals surface area contributed by atoms with E-state index in [-0.39, 0.29) is 17.5 Å². The van der Waals surface area contributed by atoms with Crippen molar-refractivity contribution < 1.29 is 4.79 Å². The lowest BCUT2D eigenvalue weighted by atomic mass is 10.2. The minimum atomic E-state index is -0.234. The molecular weight excluding hydrogens is 282 g/mol. The molecule has 0 spiro atoms. The molecule has 1 aromatic heterocycles. The Balaban J connectivity index is 2.73. The van der Waals surface area contributed by atoms with Crippen molar-refractivity contribution in [2.45, 2.75) is 26.7 Å². The summed E-state index contributed by atoms with van der Waals surface area (Å²) in [5.74, 6) is 1.99. The zero-order valence-corrected chi connectivity index (χ0v) is 13.3. The van der Waals surface area contributed by atoms with Gasteiger partial charge in [-0.15, -0.1) is 0 Å². The van der Waals surface area contributed by atoms with Crippen LogP contribution in [0.4, 0.5) is 0 Å². The normalized spacial score (nSPS) is 12.5. The second-order valence-corrected chi connectivity index (χ2v) is 6.17. The molecule has 0 aliphatic carbocycles. The van der Waals surface area contributed by atoms with Gasteiger partial charge in [0.1, 0.15) is 11.5 Å². The number of carbonyl (C=O) groups is 1. The summed E-state index contributed by atoms with van der Waals surface area (Å²) < 4.78 is 0. The molecule has 0 bridgehead atoms. The number of amides is 1. The third-order valence-corrected chi connectivity index (χ3v) is 3.74. The van der Waals surface area contributed by atoms with Gasteiger partial charge in [0.2, 0.25) is 0 Å². The molecule has 1 rings (SSSR count). The molecule has 1 atom stereocenters. The number of hydrogen-bond donors (Lipinski definition) is 1. The summed E-state index contributed by atoms with van der Waals surface area (Å²) in [7, 11) is 0. The molecule has 0 aromatic carbocycles. The summed E-state index contributed by atoms with van der Waals surface area (Å²) in [6, 6.07) is 0. The first-order valence-corrected chi connectivity index (χ1v) is 8.02. The van der Waals surface area contributed by atoms with Crippen LogP contribution in [0.15, 0.2) is 6.20 Å². The SMILES string of the molecule is CSCC(C)CNC(=O)c1nc(C(C)C)ncc1Cl. The summed E-state index contributed by atoms with van der Waals surface area (Å²) in [4.78, 5) is 20.4. The molecule has 1 N–H and O–H groups in total. The number of hydrogen-bond acceptors (Lipinski definition) is 4. The van der Waals surface area contributed by atoms with E-state index in [9.17, 15) is 4.79 Å². The van der Waals surface area contributed by atoms with Crippen molar-refractivity contribution in [1.82, 2.24) is 15.3 Å². The van der Waals surface area contributed by atoms with Gasteiger partial charge in [-0.05, 0) is 17.9 Å². The molecular formula is C13H20ClN3OS. The maximum absolute atomic E-state index is 12.1. The molecule has 0 saturated heterocycles. The molecule has 1 unspecified atom stereocenters. The zero-order chi connectivity index (χ0) is 14.4. The number of aromatic nitrogens is 2. The maximum atomic E-state index is 12.1. The van der Waals surface area contributed by atoms with E-state index in [0.717, 1.165) is 5.75 Å². The molecule has 4 nitrogen and oxygen atoms in total. The third-order valence-electron chi connectivity index (χ3n) is 2.56. The van der Waals surface area contributed by atoms with E-state index in [0.29, 0.717) is 23.3 Å². The molecule has 0 saturated carbocycles. The predicted octanol–water partition coefficient (Wildman–Crippen LogP) is 2.98. The van der Waals surface area contributed by atoms with E-state index in [1.54, 1.807) is 11.8 Å². The lowest BCUT2D eigenvalue weighted by Gasteiger charge is -2.12. The molecule has 0 radical (unpaired) electrons. The quantitative estimate of drug-likeness (QED) is 0.877. The van der Waals surface area contributed by atoms with Crippen molar-refractivity contribution in [2.75, 3.05) is 18.6 Å². The smallest absolute Gasteiger partial charge is 0.271 e. The Morgan fingerprint density at radius 1 is 1.47 bits per heavy atom. The first-order chi connectivity index (χ1) is 8.95. The maximum Gasteiger partial charge on any atom is 0.271 e. The van der Waals surface area contributed by atoms with Gasteiger partial charge in [-0.2, -0.15) is 11.8 Å². The number of thioether (sulfide) groups is 1.